The van der Waals surface area contributed by atoms with E-state index in [1.165, 1.54) is 12.0 Å². The zero-order chi connectivity index (χ0) is 12.3. The summed E-state index contributed by atoms with van der Waals surface area (Å²) in [6.07, 6.45) is 1.84. The highest BCUT2D eigenvalue weighted by molar-refractivity contribution is 5.20. The van der Waals surface area contributed by atoms with Gasteiger partial charge in [0.05, 0.1) is 12.5 Å². The molecule has 1 saturated carbocycles. The molecule has 2 atom stereocenters. The van der Waals surface area contributed by atoms with Crippen molar-refractivity contribution in [1.82, 2.24) is 5.32 Å². The average molecular weight is 228 g/mol. The van der Waals surface area contributed by atoms with Crippen LogP contribution in [0.15, 0.2) is 30.3 Å². The van der Waals surface area contributed by atoms with Crippen LogP contribution in [0.3, 0.4) is 0 Å². The minimum absolute atomic E-state index is 0.178. The number of benzene rings is 1. The molecule has 2 rings (SSSR count). The Balaban J connectivity index is 1.92. The van der Waals surface area contributed by atoms with E-state index in [-0.39, 0.29) is 6.04 Å². The standard InChI is InChI=1S/C15H20N2/c1-15(2)10-13(15)11-17-14(8-9-16)12-6-4-3-5-7-12/h3-7,13-14,17H,8,10-11H2,1-2H3. The first-order valence-electron chi connectivity index (χ1n) is 6.29. The normalized spacial score (nSPS) is 22.8. The van der Waals surface area contributed by atoms with Crippen LogP contribution in [0.5, 0.6) is 0 Å². The van der Waals surface area contributed by atoms with Crippen molar-refractivity contribution in [3.63, 3.8) is 0 Å². The molecule has 0 bridgehead atoms. The van der Waals surface area contributed by atoms with Crippen LogP contribution in [-0.2, 0) is 0 Å². The Morgan fingerprint density at radius 3 is 2.59 bits per heavy atom. The number of nitriles is 1. The van der Waals surface area contributed by atoms with Gasteiger partial charge in [-0.15, -0.1) is 0 Å². The predicted molar refractivity (Wildman–Crippen MR) is 69.3 cm³/mol. The number of rotatable bonds is 5. The second kappa shape index (κ2) is 4.89. The molecular weight excluding hydrogens is 208 g/mol. The first-order chi connectivity index (χ1) is 8.13. The lowest BCUT2D eigenvalue weighted by atomic mass is 10.0. The van der Waals surface area contributed by atoms with Crippen LogP contribution < -0.4 is 5.32 Å². The molecule has 1 aromatic rings. The summed E-state index contributed by atoms with van der Waals surface area (Å²) < 4.78 is 0. The SMILES string of the molecule is CC1(C)CC1CNC(CC#N)c1ccccc1. The second-order valence-corrected chi connectivity index (χ2v) is 5.62. The van der Waals surface area contributed by atoms with E-state index in [0.717, 1.165) is 12.5 Å². The molecule has 0 heterocycles. The van der Waals surface area contributed by atoms with E-state index in [1.807, 2.05) is 18.2 Å². The summed E-state index contributed by atoms with van der Waals surface area (Å²) in [4.78, 5) is 0. The third kappa shape index (κ3) is 3.08. The smallest absolute Gasteiger partial charge is 0.0641 e. The highest BCUT2D eigenvalue weighted by Gasteiger charge is 2.45. The summed E-state index contributed by atoms with van der Waals surface area (Å²) >= 11 is 0. The molecule has 1 aliphatic rings. The fraction of sp³-hybridized carbons (Fsp3) is 0.533. The maximum atomic E-state index is 8.89. The molecular formula is C15H20N2. The van der Waals surface area contributed by atoms with Crippen molar-refractivity contribution < 1.29 is 0 Å². The number of nitrogens with one attached hydrogen (secondary N) is 1. The van der Waals surface area contributed by atoms with Crippen LogP contribution in [0.4, 0.5) is 0 Å². The molecule has 1 aromatic carbocycles. The Labute approximate surface area is 104 Å². The van der Waals surface area contributed by atoms with Gasteiger partial charge in [0.15, 0.2) is 0 Å². The second-order valence-electron chi connectivity index (χ2n) is 5.62. The molecule has 1 fully saturated rings. The van der Waals surface area contributed by atoms with Gasteiger partial charge in [-0.2, -0.15) is 5.26 Å². The van der Waals surface area contributed by atoms with Gasteiger partial charge in [0.1, 0.15) is 0 Å². The molecule has 0 aliphatic heterocycles. The molecule has 0 amide bonds. The maximum Gasteiger partial charge on any atom is 0.0641 e. The number of hydrogen-bond acceptors (Lipinski definition) is 2. The van der Waals surface area contributed by atoms with Crippen molar-refractivity contribution in [2.45, 2.75) is 32.7 Å². The van der Waals surface area contributed by atoms with Crippen LogP contribution >= 0.6 is 0 Å². The zero-order valence-electron chi connectivity index (χ0n) is 10.6. The molecule has 2 heteroatoms. The lowest BCUT2D eigenvalue weighted by molar-refractivity contribution is 0.471. The molecule has 17 heavy (non-hydrogen) atoms. The molecule has 2 unspecified atom stereocenters. The largest absolute Gasteiger partial charge is 0.309 e. The van der Waals surface area contributed by atoms with Gasteiger partial charge < -0.3 is 5.32 Å². The maximum absolute atomic E-state index is 8.89. The van der Waals surface area contributed by atoms with Crippen LogP contribution in [0, 0.1) is 22.7 Å². The summed E-state index contributed by atoms with van der Waals surface area (Å²) in [7, 11) is 0. The Bertz CT molecular complexity index is 403. The quantitative estimate of drug-likeness (QED) is 0.839. The summed E-state index contributed by atoms with van der Waals surface area (Å²) in [5, 5.41) is 12.4. The van der Waals surface area contributed by atoms with E-state index >= 15 is 0 Å². The Kier molecular flexibility index (Phi) is 3.49. The van der Waals surface area contributed by atoms with Gasteiger partial charge in [0, 0.05) is 6.04 Å². The van der Waals surface area contributed by atoms with Gasteiger partial charge in [-0.25, -0.2) is 0 Å². The van der Waals surface area contributed by atoms with Crippen molar-refractivity contribution in [3.05, 3.63) is 35.9 Å². The molecule has 90 valence electrons. The summed E-state index contributed by atoms with van der Waals surface area (Å²) in [5.41, 5.74) is 1.72. The first-order valence-corrected chi connectivity index (χ1v) is 6.29. The number of hydrogen-bond donors (Lipinski definition) is 1. The lowest BCUT2D eigenvalue weighted by Gasteiger charge is -2.16. The van der Waals surface area contributed by atoms with Crippen LogP contribution in [-0.4, -0.2) is 6.54 Å². The van der Waals surface area contributed by atoms with E-state index in [0.29, 0.717) is 11.8 Å². The zero-order valence-corrected chi connectivity index (χ0v) is 10.6. The third-order valence-electron chi connectivity index (χ3n) is 3.83. The molecule has 1 N–H and O–H groups in total. The Hall–Kier alpha value is -1.33. The minimum Gasteiger partial charge on any atom is -0.309 e. The number of nitrogens with zero attached hydrogens (tertiary/aromatic N) is 1. The van der Waals surface area contributed by atoms with Crippen LogP contribution in [0.1, 0.15) is 38.3 Å². The van der Waals surface area contributed by atoms with Crippen molar-refractivity contribution >= 4 is 0 Å². The van der Waals surface area contributed by atoms with Crippen molar-refractivity contribution in [2.75, 3.05) is 6.54 Å². The molecule has 2 nitrogen and oxygen atoms in total. The molecule has 0 saturated heterocycles. The molecule has 1 aliphatic carbocycles. The van der Waals surface area contributed by atoms with Gasteiger partial charge in [0.25, 0.3) is 0 Å². The van der Waals surface area contributed by atoms with E-state index in [2.05, 4.69) is 37.4 Å². The Morgan fingerprint density at radius 2 is 2.06 bits per heavy atom. The van der Waals surface area contributed by atoms with E-state index in [1.54, 1.807) is 0 Å². The summed E-state index contributed by atoms with van der Waals surface area (Å²) in [6.45, 7) is 5.64. The van der Waals surface area contributed by atoms with Gasteiger partial charge in [-0.1, -0.05) is 44.2 Å². The predicted octanol–water partition coefficient (Wildman–Crippen LogP) is 3.28. The van der Waals surface area contributed by atoms with Crippen molar-refractivity contribution in [3.8, 4) is 6.07 Å². The van der Waals surface area contributed by atoms with Gasteiger partial charge >= 0.3 is 0 Å². The van der Waals surface area contributed by atoms with E-state index in [9.17, 15) is 0 Å². The molecule has 0 aromatic heterocycles. The van der Waals surface area contributed by atoms with Crippen molar-refractivity contribution in [2.24, 2.45) is 11.3 Å². The monoisotopic (exact) mass is 228 g/mol. The van der Waals surface area contributed by atoms with Gasteiger partial charge in [-0.3, -0.25) is 0 Å². The summed E-state index contributed by atoms with van der Waals surface area (Å²) in [6, 6.07) is 12.7. The Morgan fingerprint density at radius 1 is 1.41 bits per heavy atom. The fourth-order valence-corrected chi connectivity index (χ4v) is 2.29. The van der Waals surface area contributed by atoms with Crippen LogP contribution in [0.25, 0.3) is 0 Å². The van der Waals surface area contributed by atoms with E-state index in [4.69, 9.17) is 5.26 Å². The topological polar surface area (TPSA) is 35.8 Å². The minimum atomic E-state index is 0.178. The van der Waals surface area contributed by atoms with Gasteiger partial charge in [0.2, 0.25) is 0 Å². The highest BCUT2D eigenvalue weighted by Crippen LogP contribution is 2.51. The molecule has 0 spiro atoms. The highest BCUT2D eigenvalue weighted by atomic mass is 14.9. The van der Waals surface area contributed by atoms with Crippen molar-refractivity contribution in [1.29, 1.82) is 5.26 Å². The fourth-order valence-electron chi connectivity index (χ4n) is 2.29. The van der Waals surface area contributed by atoms with E-state index < -0.39 is 0 Å². The first kappa shape index (κ1) is 12.1. The average Bonchev–Trinajstić information content (AvgIpc) is 2.93. The summed E-state index contributed by atoms with van der Waals surface area (Å²) in [5.74, 6) is 0.771. The van der Waals surface area contributed by atoms with Gasteiger partial charge in [-0.05, 0) is 29.9 Å². The lowest BCUT2D eigenvalue weighted by Crippen LogP contribution is -2.24. The van der Waals surface area contributed by atoms with Crippen LogP contribution in [0.2, 0.25) is 0 Å². The molecule has 0 radical (unpaired) electrons. The third-order valence-corrected chi connectivity index (χ3v) is 3.83.